The standard InChI is InChI=1S/C22H22N4O5S/c1-14-9-15(11-16(10-14)32(3,29)30)22(28)26(13-20(23)27)19-12-24-8-6-17(19)18-5-4-7-25-21(18)31-2/h4-12H,13H2,1-3H3,(H2,23,27). The lowest BCUT2D eigenvalue weighted by Gasteiger charge is -2.24. The number of carbonyl (C=O) groups excluding carboxylic acids is 2. The number of anilines is 1. The fourth-order valence-corrected chi connectivity index (χ4v) is 3.99. The molecule has 0 aliphatic rings. The molecule has 10 heteroatoms. The second-order valence-corrected chi connectivity index (χ2v) is 9.13. The Morgan fingerprint density at radius 1 is 1.12 bits per heavy atom. The van der Waals surface area contributed by atoms with Crippen molar-refractivity contribution < 1.29 is 22.7 Å². The van der Waals surface area contributed by atoms with Gasteiger partial charge in [-0.1, -0.05) is 0 Å². The Hall–Kier alpha value is -3.79. The lowest BCUT2D eigenvalue weighted by molar-refractivity contribution is -0.116. The van der Waals surface area contributed by atoms with Gasteiger partial charge in [0.15, 0.2) is 9.84 Å². The summed E-state index contributed by atoms with van der Waals surface area (Å²) in [6, 6.07) is 9.42. The zero-order chi connectivity index (χ0) is 23.5. The third-order valence-corrected chi connectivity index (χ3v) is 5.72. The average Bonchev–Trinajstić information content (AvgIpc) is 2.76. The fraction of sp³-hybridized carbons (Fsp3) is 0.182. The number of rotatable bonds is 7. The molecule has 0 aliphatic carbocycles. The Balaban J connectivity index is 2.19. The number of hydrogen-bond donors (Lipinski definition) is 1. The van der Waals surface area contributed by atoms with Crippen molar-refractivity contribution in [2.75, 3.05) is 24.8 Å². The van der Waals surface area contributed by atoms with Crippen molar-refractivity contribution >= 4 is 27.3 Å². The van der Waals surface area contributed by atoms with Gasteiger partial charge in [0.1, 0.15) is 6.54 Å². The molecule has 0 unspecified atom stereocenters. The first kappa shape index (κ1) is 22.9. The average molecular weight is 455 g/mol. The molecule has 3 aromatic rings. The number of nitrogens with two attached hydrogens (primary N) is 1. The largest absolute Gasteiger partial charge is 0.481 e. The van der Waals surface area contributed by atoms with Gasteiger partial charge in [-0.3, -0.25) is 19.5 Å². The van der Waals surface area contributed by atoms with E-state index >= 15 is 0 Å². The molecule has 2 heterocycles. The highest BCUT2D eigenvalue weighted by atomic mass is 32.2. The number of amides is 2. The molecule has 2 amide bonds. The van der Waals surface area contributed by atoms with E-state index in [2.05, 4.69) is 9.97 Å². The molecule has 0 aliphatic heterocycles. The number of sulfone groups is 1. The molecule has 0 spiro atoms. The van der Waals surface area contributed by atoms with Crippen molar-refractivity contribution in [3.05, 3.63) is 66.1 Å². The van der Waals surface area contributed by atoms with Crippen LogP contribution in [0.25, 0.3) is 11.1 Å². The lowest BCUT2D eigenvalue weighted by atomic mass is 10.0. The van der Waals surface area contributed by atoms with Crippen LogP contribution in [0.2, 0.25) is 0 Å². The molecule has 32 heavy (non-hydrogen) atoms. The number of aryl methyl sites for hydroxylation is 1. The summed E-state index contributed by atoms with van der Waals surface area (Å²) in [5.41, 5.74) is 7.52. The molecule has 2 aromatic heterocycles. The summed E-state index contributed by atoms with van der Waals surface area (Å²) < 4.78 is 29.5. The summed E-state index contributed by atoms with van der Waals surface area (Å²) in [7, 11) is -2.08. The van der Waals surface area contributed by atoms with Gasteiger partial charge in [-0.2, -0.15) is 0 Å². The Morgan fingerprint density at radius 2 is 1.88 bits per heavy atom. The molecule has 2 N–H and O–H groups in total. The zero-order valence-electron chi connectivity index (χ0n) is 17.8. The number of hydrogen-bond acceptors (Lipinski definition) is 7. The highest BCUT2D eigenvalue weighted by Gasteiger charge is 2.25. The maximum absolute atomic E-state index is 13.5. The lowest BCUT2D eigenvalue weighted by Crippen LogP contribution is -2.39. The van der Waals surface area contributed by atoms with Gasteiger partial charge < -0.3 is 10.5 Å². The molecule has 0 fully saturated rings. The summed E-state index contributed by atoms with van der Waals surface area (Å²) in [5, 5.41) is 0. The third kappa shape index (κ3) is 4.92. The molecule has 0 saturated carbocycles. The summed E-state index contributed by atoms with van der Waals surface area (Å²) in [4.78, 5) is 34.8. The molecule has 166 valence electrons. The van der Waals surface area contributed by atoms with E-state index in [1.54, 1.807) is 37.4 Å². The Morgan fingerprint density at radius 3 is 2.53 bits per heavy atom. The van der Waals surface area contributed by atoms with E-state index < -0.39 is 28.2 Å². The third-order valence-electron chi connectivity index (χ3n) is 4.63. The molecule has 0 saturated heterocycles. The minimum absolute atomic E-state index is 0.000198. The highest BCUT2D eigenvalue weighted by Crippen LogP contribution is 2.35. The van der Waals surface area contributed by atoms with Crippen LogP contribution in [0.15, 0.2) is 59.9 Å². The van der Waals surface area contributed by atoms with Crippen molar-refractivity contribution in [1.82, 2.24) is 9.97 Å². The first-order valence-electron chi connectivity index (χ1n) is 9.47. The van der Waals surface area contributed by atoms with Crippen LogP contribution in [0.1, 0.15) is 15.9 Å². The highest BCUT2D eigenvalue weighted by molar-refractivity contribution is 7.90. The van der Waals surface area contributed by atoms with E-state index in [0.29, 0.717) is 28.3 Å². The normalized spacial score (nSPS) is 11.1. The summed E-state index contributed by atoms with van der Waals surface area (Å²) in [6.07, 6.45) is 5.59. The Labute approximate surface area is 185 Å². The monoisotopic (exact) mass is 454 g/mol. The number of carbonyl (C=O) groups is 2. The SMILES string of the molecule is COc1ncccc1-c1ccncc1N(CC(N)=O)C(=O)c1cc(C)cc(S(C)(=O)=O)c1. The van der Waals surface area contributed by atoms with Gasteiger partial charge >= 0.3 is 0 Å². The number of pyridine rings is 2. The van der Waals surface area contributed by atoms with Crippen LogP contribution >= 0.6 is 0 Å². The van der Waals surface area contributed by atoms with E-state index in [1.165, 1.54) is 31.6 Å². The van der Waals surface area contributed by atoms with Gasteiger partial charge in [0.2, 0.25) is 11.8 Å². The minimum Gasteiger partial charge on any atom is -0.481 e. The first-order valence-corrected chi connectivity index (χ1v) is 11.4. The van der Waals surface area contributed by atoms with Crippen molar-refractivity contribution in [1.29, 1.82) is 0 Å². The van der Waals surface area contributed by atoms with Gasteiger partial charge in [-0.15, -0.1) is 0 Å². The van der Waals surface area contributed by atoms with Crippen LogP contribution in [-0.2, 0) is 14.6 Å². The number of benzene rings is 1. The first-order chi connectivity index (χ1) is 15.1. The smallest absolute Gasteiger partial charge is 0.258 e. The van der Waals surface area contributed by atoms with Gasteiger partial charge in [0, 0.05) is 35.3 Å². The van der Waals surface area contributed by atoms with E-state index in [-0.39, 0.29) is 10.5 Å². The van der Waals surface area contributed by atoms with Crippen LogP contribution < -0.4 is 15.4 Å². The van der Waals surface area contributed by atoms with Gasteiger partial charge in [0.05, 0.1) is 23.9 Å². The van der Waals surface area contributed by atoms with E-state index in [0.717, 1.165) is 11.2 Å². The molecule has 3 rings (SSSR count). The van der Waals surface area contributed by atoms with E-state index in [4.69, 9.17) is 10.5 Å². The van der Waals surface area contributed by atoms with Crippen LogP contribution in [0.5, 0.6) is 5.88 Å². The topological polar surface area (TPSA) is 133 Å². The Bertz CT molecular complexity index is 1290. The van der Waals surface area contributed by atoms with Crippen molar-refractivity contribution in [2.45, 2.75) is 11.8 Å². The molecular formula is C22H22N4O5S. The quantitative estimate of drug-likeness (QED) is 0.577. The molecule has 9 nitrogen and oxygen atoms in total. The van der Waals surface area contributed by atoms with Crippen LogP contribution in [-0.4, -0.2) is 50.1 Å². The van der Waals surface area contributed by atoms with Gasteiger partial charge in [-0.05, 0) is 48.9 Å². The number of methoxy groups -OCH3 is 1. The van der Waals surface area contributed by atoms with E-state index in [1.807, 2.05) is 0 Å². The molecule has 1 aromatic carbocycles. The predicted molar refractivity (Wildman–Crippen MR) is 119 cm³/mol. The second-order valence-electron chi connectivity index (χ2n) is 7.12. The van der Waals surface area contributed by atoms with Crippen molar-refractivity contribution in [2.24, 2.45) is 5.73 Å². The summed E-state index contributed by atoms with van der Waals surface area (Å²) >= 11 is 0. The summed E-state index contributed by atoms with van der Waals surface area (Å²) in [6.45, 7) is 1.24. The number of ether oxygens (including phenoxy) is 1. The van der Waals surface area contributed by atoms with Gasteiger partial charge in [-0.25, -0.2) is 13.4 Å². The maximum Gasteiger partial charge on any atom is 0.258 e. The minimum atomic E-state index is -3.55. The maximum atomic E-state index is 13.5. The molecule has 0 atom stereocenters. The predicted octanol–water partition coefficient (Wildman–Crippen LogP) is 2.00. The molecule has 0 bridgehead atoms. The van der Waals surface area contributed by atoms with Crippen molar-refractivity contribution in [3.8, 4) is 17.0 Å². The second kappa shape index (κ2) is 9.15. The number of aromatic nitrogens is 2. The number of primary amides is 1. The summed E-state index contributed by atoms with van der Waals surface area (Å²) in [5.74, 6) is -1.03. The van der Waals surface area contributed by atoms with Crippen molar-refractivity contribution in [3.63, 3.8) is 0 Å². The number of nitrogens with zero attached hydrogens (tertiary/aromatic N) is 3. The molecule has 0 radical (unpaired) electrons. The van der Waals surface area contributed by atoms with Crippen LogP contribution in [0.3, 0.4) is 0 Å². The van der Waals surface area contributed by atoms with Crippen LogP contribution in [0.4, 0.5) is 5.69 Å². The zero-order valence-corrected chi connectivity index (χ0v) is 18.6. The van der Waals surface area contributed by atoms with Gasteiger partial charge in [0.25, 0.3) is 5.91 Å². The fourth-order valence-electron chi connectivity index (χ4n) is 3.25. The van der Waals surface area contributed by atoms with E-state index in [9.17, 15) is 18.0 Å². The van der Waals surface area contributed by atoms with Crippen LogP contribution in [0, 0.1) is 6.92 Å². The Kier molecular flexibility index (Phi) is 6.54. The molecular weight excluding hydrogens is 432 g/mol.